The van der Waals surface area contributed by atoms with Gasteiger partial charge in [-0.2, -0.15) is 0 Å². The summed E-state index contributed by atoms with van der Waals surface area (Å²) < 4.78 is 0. The molecule has 2 aromatic carbocycles. The zero-order valence-corrected chi connectivity index (χ0v) is 14.9. The largest absolute Gasteiger partial charge is 0.294 e. The van der Waals surface area contributed by atoms with E-state index in [0.29, 0.717) is 12.3 Å². The summed E-state index contributed by atoms with van der Waals surface area (Å²) in [5.74, 6) is 0.598. The fourth-order valence-electron chi connectivity index (χ4n) is 3.25. The molecule has 1 heteroatoms. The van der Waals surface area contributed by atoms with Crippen molar-refractivity contribution >= 4 is 5.78 Å². The Labute approximate surface area is 147 Å². The van der Waals surface area contributed by atoms with Gasteiger partial charge in [0, 0.05) is 12.0 Å². The van der Waals surface area contributed by atoms with E-state index in [2.05, 4.69) is 31.2 Å². The van der Waals surface area contributed by atoms with Crippen LogP contribution in [0.4, 0.5) is 0 Å². The fraction of sp³-hybridized carbons (Fsp3) is 0.435. The molecule has 0 aliphatic carbocycles. The summed E-state index contributed by atoms with van der Waals surface area (Å²) in [5.41, 5.74) is 2.14. The van der Waals surface area contributed by atoms with E-state index in [1.54, 1.807) is 0 Å². The van der Waals surface area contributed by atoms with E-state index in [-0.39, 0.29) is 5.78 Å². The third-order valence-electron chi connectivity index (χ3n) is 4.70. The highest BCUT2D eigenvalue weighted by Gasteiger charge is 2.16. The van der Waals surface area contributed by atoms with Gasteiger partial charge >= 0.3 is 0 Å². The lowest BCUT2D eigenvalue weighted by Gasteiger charge is -2.17. The number of benzene rings is 2. The molecule has 0 aromatic heterocycles. The van der Waals surface area contributed by atoms with Crippen molar-refractivity contribution in [3.63, 3.8) is 0 Å². The topological polar surface area (TPSA) is 17.1 Å². The van der Waals surface area contributed by atoms with Crippen LogP contribution in [-0.2, 0) is 0 Å². The highest BCUT2D eigenvalue weighted by Crippen LogP contribution is 2.27. The van der Waals surface area contributed by atoms with Crippen LogP contribution in [0.3, 0.4) is 0 Å². The van der Waals surface area contributed by atoms with Crippen molar-refractivity contribution in [3.8, 4) is 0 Å². The summed E-state index contributed by atoms with van der Waals surface area (Å²) in [6.07, 6.45) is 9.51. The van der Waals surface area contributed by atoms with Gasteiger partial charge < -0.3 is 0 Å². The van der Waals surface area contributed by atoms with Gasteiger partial charge in [-0.3, -0.25) is 4.79 Å². The number of carbonyl (C=O) groups is 1. The molecule has 0 radical (unpaired) electrons. The minimum atomic E-state index is 0.260. The predicted molar refractivity (Wildman–Crippen MR) is 103 cm³/mol. The summed E-state index contributed by atoms with van der Waals surface area (Å²) >= 11 is 0. The molecule has 0 saturated heterocycles. The number of rotatable bonds is 11. The smallest absolute Gasteiger partial charge is 0.163 e. The monoisotopic (exact) mass is 322 g/mol. The van der Waals surface area contributed by atoms with Crippen LogP contribution in [0.15, 0.2) is 60.7 Å². The highest BCUT2D eigenvalue weighted by atomic mass is 16.1. The van der Waals surface area contributed by atoms with Crippen LogP contribution in [0.25, 0.3) is 0 Å². The number of unbranched alkanes of at least 4 members (excludes halogenated alkanes) is 5. The molecule has 0 amide bonds. The zero-order valence-electron chi connectivity index (χ0n) is 14.9. The maximum atomic E-state index is 12.6. The Morgan fingerprint density at radius 1 is 0.792 bits per heavy atom. The van der Waals surface area contributed by atoms with E-state index in [1.165, 1.54) is 44.1 Å². The van der Waals surface area contributed by atoms with Crippen molar-refractivity contribution in [3.05, 3.63) is 71.8 Å². The normalized spacial score (nSPS) is 12.0. The summed E-state index contributed by atoms with van der Waals surface area (Å²) in [5, 5.41) is 0. The maximum absolute atomic E-state index is 12.6. The molecule has 0 saturated carbocycles. The Morgan fingerprint density at radius 2 is 1.38 bits per heavy atom. The van der Waals surface area contributed by atoms with E-state index < -0.39 is 0 Å². The molecule has 1 unspecified atom stereocenters. The van der Waals surface area contributed by atoms with Crippen LogP contribution in [0.5, 0.6) is 0 Å². The molecule has 0 aliphatic heterocycles. The molecule has 0 spiro atoms. The van der Waals surface area contributed by atoms with Gasteiger partial charge in [-0.25, -0.2) is 0 Å². The molecule has 1 nitrogen and oxygen atoms in total. The van der Waals surface area contributed by atoms with Crippen molar-refractivity contribution in [2.45, 2.75) is 64.2 Å². The summed E-state index contributed by atoms with van der Waals surface area (Å²) in [7, 11) is 0. The zero-order chi connectivity index (χ0) is 17.0. The highest BCUT2D eigenvalue weighted by molar-refractivity contribution is 5.96. The number of hydrogen-bond donors (Lipinski definition) is 0. The summed E-state index contributed by atoms with van der Waals surface area (Å²) in [6.45, 7) is 2.25. The Hall–Kier alpha value is -1.89. The minimum Gasteiger partial charge on any atom is -0.294 e. The Bertz CT molecular complexity index is 573. The number of ketones is 1. The predicted octanol–water partition coefficient (Wildman–Crippen LogP) is 6.79. The lowest BCUT2D eigenvalue weighted by Crippen LogP contribution is -2.08. The first kappa shape index (κ1) is 18.4. The molecule has 2 aromatic rings. The Morgan fingerprint density at radius 3 is 2.04 bits per heavy atom. The van der Waals surface area contributed by atoms with Gasteiger partial charge in [0.2, 0.25) is 0 Å². The van der Waals surface area contributed by atoms with Crippen LogP contribution in [-0.4, -0.2) is 5.78 Å². The van der Waals surface area contributed by atoms with Crippen LogP contribution in [0.2, 0.25) is 0 Å². The van der Waals surface area contributed by atoms with Crippen molar-refractivity contribution < 1.29 is 4.79 Å². The Kier molecular flexibility index (Phi) is 8.31. The van der Waals surface area contributed by atoms with E-state index >= 15 is 0 Å². The number of Topliss-reactive ketones (excluding diaryl/α,β-unsaturated/α-hetero) is 1. The first-order chi connectivity index (χ1) is 11.8. The van der Waals surface area contributed by atoms with E-state index in [0.717, 1.165) is 12.0 Å². The first-order valence-corrected chi connectivity index (χ1v) is 9.44. The van der Waals surface area contributed by atoms with Gasteiger partial charge in [-0.05, 0) is 17.9 Å². The minimum absolute atomic E-state index is 0.260. The standard InChI is InChI=1S/C23H30O/c1-2-3-4-5-6-9-18-22(20-14-10-7-11-15-20)19-23(24)21-16-12-8-13-17-21/h7-8,10-17,22H,2-6,9,18-19H2,1H3. The van der Waals surface area contributed by atoms with Gasteiger partial charge in [0.05, 0.1) is 0 Å². The van der Waals surface area contributed by atoms with Gasteiger partial charge in [0.25, 0.3) is 0 Å². The second-order valence-corrected chi connectivity index (χ2v) is 6.66. The quantitative estimate of drug-likeness (QED) is 0.328. The lowest BCUT2D eigenvalue weighted by molar-refractivity contribution is 0.0972. The molecule has 24 heavy (non-hydrogen) atoms. The van der Waals surface area contributed by atoms with Crippen molar-refractivity contribution in [1.82, 2.24) is 0 Å². The molecule has 0 fully saturated rings. The third kappa shape index (κ3) is 6.31. The van der Waals surface area contributed by atoms with Gasteiger partial charge in [-0.15, -0.1) is 0 Å². The average Bonchev–Trinajstić information content (AvgIpc) is 2.65. The molecular formula is C23H30O. The van der Waals surface area contributed by atoms with Gasteiger partial charge in [0.1, 0.15) is 0 Å². The summed E-state index contributed by atoms with van der Waals surface area (Å²) in [4.78, 5) is 12.6. The SMILES string of the molecule is CCCCCCCCC(CC(=O)c1ccccc1)c1ccccc1. The van der Waals surface area contributed by atoms with Crippen LogP contribution >= 0.6 is 0 Å². The molecule has 128 valence electrons. The second-order valence-electron chi connectivity index (χ2n) is 6.66. The Balaban J connectivity index is 1.92. The molecule has 0 aliphatic rings. The number of carbonyl (C=O) groups excluding carboxylic acids is 1. The fourth-order valence-corrected chi connectivity index (χ4v) is 3.25. The van der Waals surface area contributed by atoms with E-state index in [4.69, 9.17) is 0 Å². The van der Waals surface area contributed by atoms with Crippen molar-refractivity contribution in [2.24, 2.45) is 0 Å². The summed E-state index contributed by atoms with van der Waals surface area (Å²) in [6, 6.07) is 20.2. The lowest BCUT2D eigenvalue weighted by atomic mass is 9.87. The molecule has 2 rings (SSSR count). The van der Waals surface area contributed by atoms with Crippen LogP contribution in [0, 0.1) is 0 Å². The van der Waals surface area contributed by atoms with Crippen LogP contribution < -0.4 is 0 Å². The number of hydrogen-bond acceptors (Lipinski definition) is 1. The third-order valence-corrected chi connectivity index (χ3v) is 4.70. The van der Waals surface area contributed by atoms with Crippen molar-refractivity contribution in [2.75, 3.05) is 0 Å². The van der Waals surface area contributed by atoms with E-state index in [9.17, 15) is 4.79 Å². The molecular weight excluding hydrogens is 292 g/mol. The van der Waals surface area contributed by atoms with Crippen LogP contribution in [0.1, 0.15) is 80.1 Å². The van der Waals surface area contributed by atoms with E-state index in [1.807, 2.05) is 36.4 Å². The average molecular weight is 322 g/mol. The molecule has 0 bridgehead atoms. The van der Waals surface area contributed by atoms with Crippen molar-refractivity contribution in [1.29, 1.82) is 0 Å². The molecule has 1 atom stereocenters. The molecule has 0 heterocycles. The van der Waals surface area contributed by atoms with Gasteiger partial charge in [-0.1, -0.05) is 106 Å². The molecule has 0 N–H and O–H groups in total. The first-order valence-electron chi connectivity index (χ1n) is 9.44. The van der Waals surface area contributed by atoms with Gasteiger partial charge in [0.15, 0.2) is 5.78 Å². The maximum Gasteiger partial charge on any atom is 0.163 e. The second kappa shape index (κ2) is 10.8.